The van der Waals surface area contributed by atoms with Gasteiger partial charge in [0.15, 0.2) is 5.82 Å². The average Bonchev–Trinajstić information content (AvgIpc) is 3.10. The molecule has 0 N–H and O–H groups in total. The van der Waals surface area contributed by atoms with Gasteiger partial charge in [0.05, 0.1) is 11.8 Å². The van der Waals surface area contributed by atoms with Crippen LogP contribution in [0.25, 0.3) is 11.9 Å². The fourth-order valence-electron chi connectivity index (χ4n) is 2.03. The summed E-state index contributed by atoms with van der Waals surface area (Å²) < 4.78 is 20.0. The van der Waals surface area contributed by atoms with Gasteiger partial charge in [0.2, 0.25) is 0 Å². The first kappa shape index (κ1) is 13.9. The normalized spacial score (nSPS) is 11.3. The molecule has 8 heteroatoms. The Hall–Kier alpha value is -2.74. The van der Waals surface area contributed by atoms with Crippen molar-refractivity contribution in [2.75, 3.05) is 0 Å². The Labute approximate surface area is 138 Å². The molecule has 23 heavy (non-hydrogen) atoms. The summed E-state index contributed by atoms with van der Waals surface area (Å²) in [5.74, 6) is 1.06. The predicted molar refractivity (Wildman–Crippen MR) is 87.9 cm³/mol. The van der Waals surface area contributed by atoms with Crippen LogP contribution in [0.15, 0.2) is 35.6 Å². The largest absolute Gasteiger partial charge is 0.488 e. The van der Waals surface area contributed by atoms with Gasteiger partial charge >= 0.3 is 5.69 Å². The first-order valence-corrected chi connectivity index (χ1v) is 7.59. The van der Waals surface area contributed by atoms with Gasteiger partial charge in [-0.1, -0.05) is 30.8 Å². The van der Waals surface area contributed by atoms with Crippen LogP contribution in [0.2, 0.25) is 0 Å². The van der Waals surface area contributed by atoms with Crippen LogP contribution < -0.4 is 10.4 Å². The maximum atomic E-state index is 12.1. The van der Waals surface area contributed by atoms with Crippen LogP contribution in [0.4, 0.5) is 0 Å². The first-order chi connectivity index (χ1) is 11.5. The summed E-state index contributed by atoms with van der Waals surface area (Å²) in [4.78, 5) is 12.9. The fraction of sp³-hybridized carbons (Fsp3) is 0.200. The van der Waals surface area contributed by atoms with Crippen molar-refractivity contribution in [1.82, 2.24) is 24.2 Å². The van der Waals surface area contributed by atoms with Crippen molar-refractivity contribution in [3.8, 4) is 11.6 Å². The summed E-state index contributed by atoms with van der Waals surface area (Å²) in [6, 6.07) is 5.57. The lowest BCUT2D eigenvalue weighted by Gasteiger charge is -2.09. The second-order valence-electron chi connectivity index (χ2n) is 4.83. The maximum absolute atomic E-state index is 12.1. The lowest BCUT2D eigenvalue weighted by molar-refractivity contribution is 0.303. The predicted octanol–water partition coefficient (Wildman–Crippen LogP) is 1.95. The molecule has 118 valence electrons. The molecule has 0 radical (unpaired) electrons. The van der Waals surface area contributed by atoms with Crippen molar-refractivity contribution in [1.29, 1.82) is 0 Å². The third-order valence-corrected chi connectivity index (χ3v) is 4.17. The summed E-state index contributed by atoms with van der Waals surface area (Å²) in [6.45, 7) is 5.85. The van der Waals surface area contributed by atoms with Gasteiger partial charge in [-0.05, 0) is 40.5 Å². The van der Waals surface area contributed by atoms with Gasteiger partial charge in [0.25, 0.3) is 0 Å². The highest BCUT2D eigenvalue weighted by Crippen LogP contribution is 2.25. The molecule has 0 bridgehead atoms. The second kappa shape index (κ2) is 6.17. The van der Waals surface area contributed by atoms with Crippen LogP contribution in [0.3, 0.4) is 0 Å². The van der Waals surface area contributed by atoms with E-state index < -0.39 is 0 Å². The van der Waals surface area contributed by atoms with Gasteiger partial charge in [0, 0.05) is 7.05 Å². The number of rotatable bonds is 5. The van der Waals surface area contributed by atoms with E-state index in [2.05, 4.69) is 21.4 Å². The molecule has 1 aromatic carbocycles. The number of hydrogen-bond donors (Lipinski definition) is 0. The molecule has 7 nitrogen and oxygen atoms in total. The van der Waals surface area contributed by atoms with E-state index in [9.17, 15) is 4.79 Å². The van der Waals surface area contributed by atoms with Crippen LogP contribution in [0.5, 0.6) is 5.75 Å². The first-order valence-electron chi connectivity index (χ1n) is 7.31. The molecule has 2 aromatic heterocycles. The van der Waals surface area contributed by atoms with Gasteiger partial charge in [0.1, 0.15) is 12.4 Å². The van der Waals surface area contributed by atoms with E-state index in [0.29, 0.717) is 23.2 Å². The van der Waals surface area contributed by atoms with Crippen molar-refractivity contribution < 1.29 is 6.11 Å². The standard InChI is InChI=1S/C15H15N5O2S/c1-4-13-11(9-22-12-8-6-5-7-10(12)2)14(16-23-13)20-15(21)19(3)17-18-20/h4-8H,1,9H2,2-3H3/i5T. The van der Waals surface area contributed by atoms with Gasteiger partial charge in [-0.25, -0.2) is 4.79 Å². The van der Waals surface area contributed by atoms with Crippen molar-refractivity contribution in [2.45, 2.75) is 13.5 Å². The molecule has 0 unspecified atom stereocenters. The number of aryl methyl sites for hydroxylation is 2. The number of benzene rings is 1. The molecule has 3 aromatic rings. The van der Waals surface area contributed by atoms with Crippen LogP contribution in [0.1, 0.15) is 17.4 Å². The Morgan fingerprint density at radius 3 is 2.96 bits per heavy atom. The maximum Gasteiger partial charge on any atom is 0.369 e. The van der Waals surface area contributed by atoms with Gasteiger partial charge < -0.3 is 4.74 Å². The minimum Gasteiger partial charge on any atom is -0.488 e. The molecule has 0 saturated heterocycles. The van der Waals surface area contributed by atoms with Crippen LogP contribution >= 0.6 is 11.5 Å². The number of nitrogens with zero attached hydrogens (tertiary/aromatic N) is 5. The van der Waals surface area contributed by atoms with E-state index in [4.69, 9.17) is 6.11 Å². The minimum absolute atomic E-state index is 0.203. The molecule has 2 heterocycles. The molecule has 0 saturated carbocycles. The number of hydrogen-bond acceptors (Lipinski definition) is 6. The van der Waals surface area contributed by atoms with Crippen molar-refractivity contribution in [3.63, 3.8) is 0 Å². The molecule has 0 spiro atoms. The quantitative estimate of drug-likeness (QED) is 0.714. The van der Waals surface area contributed by atoms with Crippen molar-refractivity contribution >= 4 is 17.6 Å². The number of tetrazole rings is 1. The summed E-state index contributed by atoms with van der Waals surface area (Å²) >= 11 is 1.22. The Morgan fingerprint density at radius 2 is 2.30 bits per heavy atom. The third-order valence-electron chi connectivity index (χ3n) is 3.30. The van der Waals surface area contributed by atoms with E-state index in [1.165, 1.54) is 18.6 Å². The molecule has 0 atom stereocenters. The van der Waals surface area contributed by atoms with Gasteiger partial charge in [-0.15, -0.1) is 4.68 Å². The van der Waals surface area contributed by atoms with Crippen LogP contribution in [-0.4, -0.2) is 24.2 Å². The lowest BCUT2D eigenvalue weighted by atomic mass is 10.2. The SMILES string of the molecule is [3H]c1ccc(OCc2c(-n3nnn(C)c3=O)nsc2C=C)c(C)c1. The van der Waals surface area contributed by atoms with Crippen LogP contribution in [0, 0.1) is 6.92 Å². The van der Waals surface area contributed by atoms with E-state index in [0.717, 1.165) is 19.8 Å². The Balaban J connectivity index is 1.95. The molecular formula is C15H15N5O2S. The van der Waals surface area contributed by atoms with Gasteiger partial charge in [-0.3, -0.25) is 0 Å². The zero-order valence-electron chi connectivity index (χ0n) is 13.7. The highest BCUT2D eigenvalue weighted by atomic mass is 32.1. The topological polar surface area (TPSA) is 74.8 Å². The smallest absolute Gasteiger partial charge is 0.369 e. The van der Waals surface area contributed by atoms with Crippen molar-refractivity contribution in [3.05, 3.63) is 57.3 Å². The Bertz CT molecular complexity index is 959. The fourth-order valence-corrected chi connectivity index (χ4v) is 2.74. The van der Waals surface area contributed by atoms with E-state index in [1.807, 2.05) is 6.92 Å². The zero-order chi connectivity index (χ0) is 17.3. The highest BCUT2D eigenvalue weighted by Gasteiger charge is 2.18. The summed E-state index contributed by atoms with van der Waals surface area (Å²) in [5.41, 5.74) is 1.20. The number of ether oxygens (including phenoxy) is 1. The van der Waals surface area contributed by atoms with E-state index >= 15 is 0 Å². The van der Waals surface area contributed by atoms with Gasteiger partial charge in [-0.2, -0.15) is 9.06 Å². The average molecular weight is 331 g/mol. The number of para-hydroxylation sites is 1. The molecule has 0 fully saturated rings. The molecular weight excluding hydrogens is 314 g/mol. The summed E-state index contributed by atoms with van der Waals surface area (Å²) in [6.07, 6.45) is 1.67. The highest BCUT2D eigenvalue weighted by molar-refractivity contribution is 7.07. The molecule has 3 rings (SSSR count). The molecule has 0 aliphatic rings. The Morgan fingerprint density at radius 1 is 1.48 bits per heavy atom. The molecule has 0 amide bonds. The third kappa shape index (κ3) is 2.80. The molecule has 0 aliphatic carbocycles. The van der Waals surface area contributed by atoms with Crippen LogP contribution in [-0.2, 0) is 13.7 Å². The molecule has 0 aliphatic heterocycles. The van der Waals surface area contributed by atoms with Crippen molar-refractivity contribution in [2.24, 2.45) is 7.05 Å². The van der Waals surface area contributed by atoms with E-state index in [1.54, 1.807) is 24.3 Å². The zero-order valence-corrected chi connectivity index (χ0v) is 13.5. The Kier molecular flexibility index (Phi) is 3.73. The number of aromatic nitrogens is 5. The summed E-state index contributed by atoms with van der Waals surface area (Å²) in [5, 5.41) is 7.53. The van der Waals surface area contributed by atoms with E-state index in [-0.39, 0.29) is 12.3 Å². The summed E-state index contributed by atoms with van der Waals surface area (Å²) in [7, 11) is 1.52. The lowest BCUT2D eigenvalue weighted by Crippen LogP contribution is -2.23. The second-order valence-corrected chi connectivity index (χ2v) is 5.64. The monoisotopic (exact) mass is 331 g/mol. The minimum atomic E-state index is -0.382.